The number of amides is 1. The van der Waals surface area contributed by atoms with Crippen LogP contribution in [0.25, 0.3) is 6.08 Å². The first-order valence-corrected chi connectivity index (χ1v) is 7.85. The molecule has 2 aromatic carbocycles. The number of aryl methyl sites for hydroxylation is 1. The van der Waals surface area contributed by atoms with Gasteiger partial charge in [0.05, 0.1) is 0 Å². The van der Waals surface area contributed by atoms with Gasteiger partial charge in [0, 0.05) is 21.8 Å². The van der Waals surface area contributed by atoms with E-state index >= 15 is 0 Å². The average molecular weight is 364 g/mol. The number of hydrogen-bond donors (Lipinski definition) is 1. The topological polar surface area (TPSA) is 55.4 Å². The fourth-order valence-electron chi connectivity index (χ4n) is 1.85. The summed E-state index contributed by atoms with van der Waals surface area (Å²) >= 11 is 11.7. The van der Waals surface area contributed by atoms with Crippen LogP contribution in [-0.2, 0) is 14.3 Å². The van der Waals surface area contributed by atoms with Crippen LogP contribution in [0.15, 0.2) is 48.5 Å². The summed E-state index contributed by atoms with van der Waals surface area (Å²) in [6.07, 6.45) is 2.89. The van der Waals surface area contributed by atoms with Gasteiger partial charge in [-0.2, -0.15) is 0 Å². The Hall–Kier alpha value is -2.30. The van der Waals surface area contributed by atoms with Gasteiger partial charge in [0.15, 0.2) is 6.61 Å². The van der Waals surface area contributed by atoms with Crippen molar-refractivity contribution in [1.29, 1.82) is 0 Å². The Kier molecular flexibility index (Phi) is 6.41. The summed E-state index contributed by atoms with van der Waals surface area (Å²) in [5.41, 5.74) is 2.44. The van der Waals surface area contributed by atoms with Crippen molar-refractivity contribution in [3.63, 3.8) is 0 Å². The number of carbonyl (C=O) groups excluding carboxylic acids is 2. The summed E-state index contributed by atoms with van der Waals surface area (Å²) in [4.78, 5) is 23.4. The first-order valence-electron chi connectivity index (χ1n) is 7.10. The number of benzene rings is 2. The Morgan fingerprint density at radius 2 is 1.71 bits per heavy atom. The molecule has 2 aromatic rings. The molecule has 0 heterocycles. The van der Waals surface area contributed by atoms with Gasteiger partial charge in [-0.1, -0.05) is 53.0 Å². The van der Waals surface area contributed by atoms with Crippen molar-refractivity contribution >= 4 is 46.8 Å². The van der Waals surface area contributed by atoms with E-state index in [1.807, 2.05) is 31.2 Å². The third kappa shape index (κ3) is 6.07. The first kappa shape index (κ1) is 18.0. The smallest absolute Gasteiger partial charge is 0.331 e. The molecule has 124 valence electrons. The number of halogens is 2. The zero-order valence-electron chi connectivity index (χ0n) is 12.9. The Labute approximate surface area is 150 Å². The Balaban J connectivity index is 1.82. The van der Waals surface area contributed by atoms with Gasteiger partial charge in [-0.25, -0.2) is 4.79 Å². The molecule has 0 fully saturated rings. The van der Waals surface area contributed by atoms with Gasteiger partial charge in [-0.3, -0.25) is 4.79 Å². The van der Waals surface area contributed by atoms with Crippen molar-refractivity contribution in [2.45, 2.75) is 6.92 Å². The summed E-state index contributed by atoms with van der Waals surface area (Å²) in [5, 5.41) is 3.35. The van der Waals surface area contributed by atoms with E-state index < -0.39 is 18.5 Å². The maximum Gasteiger partial charge on any atom is 0.331 e. The zero-order chi connectivity index (χ0) is 17.5. The lowest BCUT2D eigenvalue weighted by molar-refractivity contribution is -0.142. The van der Waals surface area contributed by atoms with Crippen molar-refractivity contribution in [3.8, 4) is 0 Å². The molecule has 0 aliphatic heterocycles. The van der Waals surface area contributed by atoms with Gasteiger partial charge in [0.25, 0.3) is 5.91 Å². The minimum absolute atomic E-state index is 0.399. The fourth-order valence-corrected chi connectivity index (χ4v) is 2.38. The van der Waals surface area contributed by atoms with Crippen LogP contribution in [-0.4, -0.2) is 18.5 Å². The number of esters is 1. The van der Waals surface area contributed by atoms with Gasteiger partial charge in [0.2, 0.25) is 0 Å². The van der Waals surface area contributed by atoms with Gasteiger partial charge in [-0.05, 0) is 36.8 Å². The van der Waals surface area contributed by atoms with Crippen LogP contribution in [0.5, 0.6) is 0 Å². The predicted octanol–water partition coefficient (Wildman–Crippen LogP) is 4.50. The third-order valence-corrected chi connectivity index (χ3v) is 3.42. The van der Waals surface area contributed by atoms with E-state index in [0.717, 1.165) is 11.1 Å². The van der Waals surface area contributed by atoms with Gasteiger partial charge in [0.1, 0.15) is 0 Å². The molecule has 0 saturated heterocycles. The van der Waals surface area contributed by atoms with Crippen LogP contribution in [0.1, 0.15) is 11.1 Å². The maximum absolute atomic E-state index is 11.8. The molecule has 0 atom stereocenters. The normalized spacial score (nSPS) is 10.6. The minimum Gasteiger partial charge on any atom is -0.452 e. The third-order valence-electron chi connectivity index (χ3n) is 2.98. The van der Waals surface area contributed by atoms with E-state index in [1.165, 1.54) is 6.08 Å². The SMILES string of the molecule is Cc1ccc(/C=C/C(=O)OCC(=O)Nc2cc(Cl)cc(Cl)c2)cc1. The molecule has 1 amide bonds. The van der Waals surface area contributed by atoms with Crippen molar-refractivity contribution in [3.05, 3.63) is 69.7 Å². The zero-order valence-corrected chi connectivity index (χ0v) is 14.4. The lowest BCUT2D eigenvalue weighted by Gasteiger charge is -2.06. The van der Waals surface area contributed by atoms with Gasteiger partial charge >= 0.3 is 5.97 Å². The van der Waals surface area contributed by atoms with Crippen molar-refractivity contribution in [2.24, 2.45) is 0 Å². The summed E-state index contributed by atoms with van der Waals surface area (Å²) < 4.78 is 4.88. The minimum atomic E-state index is -0.602. The van der Waals surface area contributed by atoms with E-state index in [0.29, 0.717) is 15.7 Å². The van der Waals surface area contributed by atoms with Crippen molar-refractivity contribution in [1.82, 2.24) is 0 Å². The number of anilines is 1. The second-order valence-corrected chi connectivity index (χ2v) is 5.93. The molecule has 24 heavy (non-hydrogen) atoms. The van der Waals surface area contributed by atoms with E-state index in [1.54, 1.807) is 24.3 Å². The lowest BCUT2D eigenvalue weighted by atomic mass is 10.1. The quantitative estimate of drug-likeness (QED) is 0.628. The number of ether oxygens (including phenoxy) is 1. The second-order valence-electron chi connectivity index (χ2n) is 5.06. The summed E-state index contributed by atoms with van der Waals surface area (Å²) in [6, 6.07) is 12.3. The van der Waals surface area contributed by atoms with Crippen LogP contribution in [0.2, 0.25) is 10.0 Å². The van der Waals surface area contributed by atoms with Crippen LogP contribution < -0.4 is 5.32 Å². The largest absolute Gasteiger partial charge is 0.452 e. The maximum atomic E-state index is 11.8. The van der Waals surface area contributed by atoms with Gasteiger partial charge < -0.3 is 10.1 Å². The predicted molar refractivity (Wildman–Crippen MR) is 96.3 cm³/mol. The molecule has 1 N–H and O–H groups in total. The molecule has 0 radical (unpaired) electrons. The molecule has 0 bridgehead atoms. The fraction of sp³-hybridized carbons (Fsp3) is 0.111. The number of hydrogen-bond acceptors (Lipinski definition) is 3. The number of carbonyl (C=O) groups is 2. The number of rotatable bonds is 5. The highest BCUT2D eigenvalue weighted by molar-refractivity contribution is 6.35. The molecular formula is C18H15Cl2NO3. The molecule has 2 rings (SSSR count). The average Bonchev–Trinajstić information content (AvgIpc) is 2.51. The molecule has 6 heteroatoms. The molecule has 0 unspecified atom stereocenters. The molecule has 0 aromatic heterocycles. The van der Waals surface area contributed by atoms with E-state index in [-0.39, 0.29) is 0 Å². The van der Waals surface area contributed by atoms with E-state index in [4.69, 9.17) is 27.9 Å². The molecule has 0 aliphatic carbocycles. The number of nitrogens with one attached hydrogen (secondary N) is 1. The van der Waals surface area contributed by atoms with Crippen LogP contribution in [0.4, 0.5) is 5.69 Å². The Morgan fingerprint density at radius 3 is 2.33 bits per heavy atom. The summed E-state index contributed by atoms with van der Waals surface area (Å²) in [5.74, 6) is -1.08. The molecule has 4 nitrogen and oxygen atoms in total. The first-order chi connectivity index (χ1) is 11.4. The monoisotopic (exact) mass is 363 g/mol. The van der Waals surface area contributed by atoms with Crippen LogP contribution in [0.3, 0.4) is 0 Å². The van der Waals surface area contributed by atoms with Crippen LogP contribution in [0, 0.1) is 6.92 Å². The second kappa shape index (κ2) is 8.52. The Morgan fingerprint density at radius 1 is 1.08 bits per heavy atom. The van der Waals surface area contributed by atoms with Crippen LogP contribution >= 0.6 is 23.2 Å². The molecular weight excluding hydrogens is 349 g/mol. The molecule has 0 spiro atoms. The van der Waals surface area contributed by atoms with Crippen molar-refractivity contribution < 1.29 is 14.3 Å². The standard InChI is InChI=1S/C18H15Cl2NO3/c1-12-2-4-13(5-3-12)6-7-18(23)24-11-17(22)21-16-9-14(19)8-15(20)10-16/h2-10H,11H2,1H3,(H,21,22)/b7-6+. The molecule has 0 saturated carbocycles. The highest BCUT2D eigenvalue weighted by atomic mass is 35.5. The highest BCUT2D eigenvalue weighted by Gasteiger charge is 2.07. The lowest BCUT2D eigenvalue weighted by Crippen LogP contribution is -2.20. The van der Waals surface area contributed by atoms with E-state index in [2.05, 4.69) is 5.32 Å². The van der Waals surface area contributed by atoms with Crippen molar-refractivity contribution in [2.75, 3.05) is 11.9 Å². The summed E-state index contributed by atoms with van der Waals surface area (Å²) in [6.45, 7) is 1.58. The Bertz CT molecular complexity index is 750. The highest BCUT2D eigenvalue weighted by Crippen LogP contribution is 2.22. The van der Waals surface area contributed by atoms with E-state index in [9.17, 15) is 9.59 Å². The summed E-state index contributed by atoms with van der Waals surface area (Å²) in [7, 11) is 0. The molecule has 0 aliphatic rings. The van der Waals surface area contributed by atoms with Gasteiger partial charge in [-0.15, -0.1) is 0 Å².